The Morgan fingerprint density at radius 3 is 2.56 bits per heavy atom. The second-order valence-electron chi connectivity index (χ2n) is 9.59. The molecule has 4 rings (SSSR count). The number of aromatic nitrogens is 3. The van der Waals surface area contributed by atoms with Crippen LogP contribution in [0.2, 0.25) is 5.02 Å². The lowest BCUT2D eigenvalue weighted by Crippen LogP contribution is -2.24. The van der Waals surface area contributed by atoms with E-state index >= 15 is 0 Å². The molecule has 0 atom stereocenters. The number of hydrogen-bond donors (Lipinski definition) is 3. The number of rotatable bonds is 17. The highest BCUT2D eigenvalue weighted by Crippen LogP contribution is 2.30. The molecule has 0 unspecified atom stereocenters. The molecule has 0 fully saturated rings. The molecule has 4 aromatic rings. The summed E-state index contributed by atoms with van der Waals surface area (Å²) in [6.45, 7) is 2.77. The van der Waals surface area contributed by atoms with Gasteiger partial charge in [-0.05, 0) is 61.1 Å². The zero-order valence-electron chi connectivity index (χ0n) is 24.6. The molecule has 2 aromatic carbocycles. The number of anilines is 5. The Bertz CT molecular complexity index is 1620. The van der Waals surface area contributed by atoms with Gasteiger partial charge in [0.05, 0.1) is 23.9 Å². The van der Waals surface area contributed by atoms with Crippen molar-refractivity contribution in [1.82, 2.24) is 19.9 Å². The van der Waals surface area contributed by atoms with Crippen molar-refractivity contribution in [2.75, 3.05) is 55.8 Å². The van der Waals surface area contributed by atoms with Gasteiger partial charge in [0, 0.05) is 59.9 Å². The molecule has 0 aliphatic heterocycles. The highest BCUT2D eigenvalue weighted by atomic mass is 35.5. The maximum Gasteiger partial charge on any atom is 0.248 e. The van der Waals surface area contributed by atoms with Crippen LogP contribution in [-0.2, 0) is 16.1 Å². The number of amides is 1. The van der Waals surface area contributed by atoms with Gasteiger partial charge in [-0.25, -0.2) is 9.97 Å². The van der Waals surface area contributed by atoms with Crippen LogP contribution < -0.4 is 20.7 Å². The van der Waals surface area contributed by atoms with Crippen molar-refractivity contribution in [2.24, 2.45) is 5.11 Å². The molecule has 0 aliphatic rings. The first-order chi connectivity index (χ1) is 22.0. The van der Waals surface area contributed by atoms with Crippen molar-refractivity contribution in [3.8, 4) is 5.75 Å². The number of carbonyl (C=O) groups excluding carboxylic acids is 1. The Kier molecular flexibility index (Phi) is 12.9. The molecule has 0 radical (unpaired) electrons. The number of nitrogens with one attached hydrogen (secondary N) is 3. The lowest BCUT2D eigenvalue weighted by Gasteiger charge is -2.14. The van der Waals surface area contributed by atoms with E-state index in [9.17, 15) is 4.79 Å². The fourth-order valence-electron chi connectivity index (χ4n) is 3.88. The first-order valence-corrected chi connectivity index (χ1v) is 14.4. The maximum absolute atomic E-state index is 12.4. The summed E-state index contributed by atoms with van der Waals surface area (Å²) in [5.41, 5.74) is 11.2. The summed E-state index contributed by atoms with van der Waals surface area (Å²) in [5.74, 6) is 1.42. The second-order valence-corrected chi connectivity index (χ2v) is 10.0. The van der Waals surface area contributed by atoms with Gasteiger partial charge >= 0.3 is 0 Å². The van der Waals surface area contributed by atoms with E-state index in [0.717, 1.165) is 17.1 Å². The molecule has 0 bridgehead atoms. The monoisotopic (exact) mass is 628 g/mol. The number of pyridine rings is 1. The predicted molar refractivity (Wildman–Crippen MR) is 175 cm³/mol. The second kappa shape index (κ2) is 17.8. The Balaban J connectivity index is 1.25. The van der Waals surface area contributed by atoms with Crippen LogP contribution in [0, 0.1) is 0 Å². The Morgan fingerprint density at radius 2 is 1.80 bits per heavy atom. The van der Waals surface area contributed by atoms with Crippen molar-refractivity contribution in [3.63, 3.8) is 0 Å². The third-order valence-corrected chi connectivity index (χ3v) is 6.37. The normalized spacial score (nSPS) is 10.8. The number of halogens is 1. The average molecular weight is 629 g/mol. The lowest BCUT2D eigenvalue weighted by atomic mass is 10.2. The highest BCUT2D eigenvalue weighted by molar-refractivity contribution is 6.32. The van der Waals surface area contributed by atoms with Crippen LogP contribution in [0.25, 0.3) is 10.4 Å². The van der Waals surface area contributed by atoms with Gasteiger partial charge in [0.15, 0.2) is 0 Å². The molecule has 2 heterocycles. The van der Waals surface area contributed by atoms with Crippen LogP contribution in [0.15, 0.2) is 96.5 Å². The van der Waals surface area contributed by atoms with Crippen LogP contribution in [-0.4, -0.2) is 65.7 Å². The smallest absolute Gasteiger partial charge is 0.248 e. The summed E-state index contributed by atoms with van der Waals surface area (Å²) in [6, 6.07) is 20.1. The van der Waals surface area contributed by atoms with E-state index in [4.69, 9.17) is 26.6 Å². The summed E-state index contributed by atoms with van der Waals surface area (Å²) >= 11 is 6.45. The van der Waals surface area contributed by atoms with E-state index in [1.165, 1.54) is 12.4 Å². The van der Waals surface area contributed by atoms with Crippen molar-refractivity contribution in [2.45, 2.75) is 6.61 Å². The molecule has 232 valence electrons. The van der Waals surface area contributed by atoms with E-state index in [0.29, 0.717) is 67.6 Å². The minimum Gasteiger partial charge on any atom is -0.486 e. The van der Waals surface area contributed by atoms with Gasteiger partial charge < -0.3 is 30.3 Å². The topological polar surface area (TPSA) is 162 Å². The van der Waals surface area contributed by atoms with E-state index in [-0.39, 0.29) is 5.91 Å². The minimum absolute atomic E-state index is 0.244. The molecule has 0 saturated carbocycles. The van der Waals surface area contributed by atoms with Gasteiger partial charge in [-0.3, -0.25) is 9.78 Å². The van der Waals surface area contributed by atoms with Gasteiger partial charge in [0.25, 0.3) is 0 Å². The third-order valence-electron chi connectivity index (χ3n) is 6.08. The van der Waals surface area contributed by atoms with Crippen LogP contribution in [0.4, 0.5) is 28.7 Å². The number of nitrogens with zero attached hydrogens (tertiary/aromatic N) is 7. The van der Waals surface area contributed by atoms with Gasteiger partial charge in [-0.15, -0.1) is 0 Å². The highest BCUT2D eigenvalue weighted by Gasteiger charge is 2.07. The van der Waals surface area contributed by atoms with Gasteiger partial charge in [-0.2, -0.15) is 0 Å². The van der Waals surface area contributed by atoms with Crippen LogP contribution >= 0.6 is 11.6 Å². The lowest BCUT2D eigenvalue weighted by molar-refractivity contribution is -0.111. The van der Waals surface area contributed by atoms with Crippen molar-refractivity contribution < 1.29 is 14.3 Å². The first kappa shape index (κ1) is 32.7. The molecule has 0 saturated heterocycles. The van der Waals surface area contributed by atoms with E-state index in [1.807, 2.05) is 54.4 Å². The minimum atomic E-state index is -0.244. The average Bonchev–Trinajstić information content (AvgIpc) is 3.03. The summed E-state index contributed by atoms with van der Waals surface area (Å²) in [7, 11) is 1.92. The SMILES string of the molecule is CN(C/C=C/C(=O)Nc1cccc(Nc2cc(Nc3ccc(OCc4ccccn4)c(Cl)c3)ncn2)c1)CCOCCN=[N+]=[N-]. The number of benzene rings is 2. The largest absolute Gasteiger partial charge is 0.486 e. The van der Waals surface area contributed by atoms with Gasteiger partial charge in [0.2, 0.25) is 5.91 Å². The number of ether oxygens (including phenoxy) is 2. The summed E-state index contributed by atoms with van der Waals surface area (Å²) in [5, 5.41) is 13.2. The quantitative estimate of drug-likeness (QED) is 0.0398. The molecule has 2 aromatic heterocycles. The van der Waals surface area contributed by atoms with E-state index < -0.39 is 0 Å². The van der Waals surface area contributed by atoms with Crippen molar-refractivity contribution in [1.29, 1.82) is 0 Å². The third kappa shape index (κ3) is 11.8. The molecule has 1 amide bonds. The van der Waals surface area contributed by atoms with Gasteiger partial charge in [0.1, 0.15) is 30.3 Å². The fourth-order valence-corrected chi connectivity index (χ4v) is 4.12. The first-order valence-electron chi connectivity index (χ1n) is 14.0. The Morgan fingerprint density at radius 1 is 1.00 bits per heavy atom. The van der Waals surface area contributed by atoms with E-state index in [2.05, 4.69) is 40.9 Å². The van der Waals surface area contributed by atoms with Gasteiger partial charge in [-0.1, -0.05) is 34.9 Å². The predicted octanol–water partition coefficient (Wildman–Crippen LogP) is 6.34. The maximum atomic E-state index is 12.4. The molecule has 45 heavy (non-hydrogen) atoms. The van der Waals surface area contributed by atoms with Crippen LogP contribution in [0.1, 0.15) is 5.69 Å². The van der Waals surface area contributed by atoms with Crippen molar-refractivity contribution in [3.05, 3.63) is 113 Å². The molecule has 3 N–H and O–H groups in total. The molecule has 0 spiro atoms. The number of azide groups is 1. The number of carbonyl (C=O) groups is 1. The summed E-state index contributed by atoms with van der Waals surface area (Å²) < 4.78 is 11.2. The summed E-state index contributed by atoms with van der Waals surface area (Å²) in [4.78, 5) is 30.0. The van der Waals surface area contributed by atoms with Crippen LogP contribution in [0.5, 0.6) is 5.75 Å². The molecule has 14 heteroatoms. The van der Waals surface area contributed by atoms with Crippen molar-refractivity contribution >= 4 is 46.2 Å². The molecule has 0 aliphatic carbocycles. The molecular weight excluding hydrogens is 596 g/mol. The standard InChI is InChI=1S/C31H33ClN10O3/c1-42(15-17-44-16-13-37-41-33)14-5-9-31(43)40-24-8-4-7-23(18-24)38-29-20-30(36-22-35-29)39-25-10-11-28(27(32)19-25)45-21-26-6-2-3-12-34-26/h2-12,18-20,22H,13-17,21H2,1H3,(H,40,43)(H2,35,36,38,39)/b9-5+. The molecular formula is C31H33ClN10O3. The number of likely N-dealkylation sites (N-methyl/N-ethyl adjacent to an activating group) is 1. The van der Waals surface area contributed by atoms with E-state index in [1.54, 1.807) is 36.5 Å². The number of hydrogen-bond acceptors (Lipinski definition) is 10. The fraction of sp³-hybridized carbons (Fsp3) is 0.226. The Hall–Kier alpha value is -5.20. The van der Waals surface area contributed by atoms with Crippen LogP contribution in [0.3, 0.4) is 0 Å². The molecule has 13 nitrogen and oxygen atoms in total. The summed E-state index contributed by atoms with van der Waals surface area (Å²) in [6.07, 6.45) is 6.43. The zero-order chi connectivity index (χ0) is 31.7. The zero-order valence-corrected chi connectivity index (χ0v) is 25.4. The Labute approximate surface area is 265 Å².